The van der Waals surface area contributed by atoms with Gasteiger partial charge < -0.3 is 14.3 Å². The second-order valence-corrected chi connectivity index (χ2v) is 15.8. The van der Waals surface area contributed by atoms with Gasteiger partial charge in [0.05, 0.1) is 13.2 Å². The van der Waals surface area contributed by atoms with Crippen LogP contribution in [0.1, 0.15) is 60.8 Å². The van der Waals surface area contributed by atoms with Gasteiger partial charge in [-0.3, -0.25) is 4.90 Å². The molecular weight excluding hydrogens is 405 g/mol. The SMILES string of the molecule is C=C1CCN(C(=O)OCCC(C)(C)C)C1(C[C@@H](F)CO[Si](C)(C)C(C)(C)C)C(=O)O. The number of hydrogen-bond acceptors (Lipinski definition) is 4. The minimum atomic E-state index is -2.18. The summed E-state index contributed by atoms with van der Waals surface area (Å²) < 4.78 is 26.3. The summed E-state index contributed by atoms with van der Waals surface area (Å²) >= 11 is 0. The molecule has 0 saturated carbocycles. The van der Waals surface area contributed by atoms with Crippen LogP contribution in [0.25, 0.3) is 0 Å². The fourth-order valence-corrected chi connectivity index (χ4v) is 4.14. The fourth-order valence-electron chi connectivity index (χ4n) is 3.11. The summed E-state index contributed by atoms with van der Waals surface area (Å²) in [5.41, 5.74) is -1.52. The van der Waals surface area contributed by atoms with Crippen molar-refractivity contribution in [2.24, 2.45) is 5.41 Å². The number of halogens is 1. The third-order valence-electron chi connectivity index (χ3n) is 6.28. The second-order valence-electron chi connectivity index (χ2n) is 11.0. The summed E-state index contributed by atoms with van der Waals surface area (Å²) in [5, 5.41) is 9.92. The largest absolute Gasteiger partial charge is 0.479 e. The Morgan fingerprint density at radius 3 is 2.30 bits per heavy atom. The number of carboxylic acids is 1. The molecule has 8 heteroatoms. The molecule has 1 unspecified atom stereocenters. The zero-order valence-electron chi connectivity index (χ0n) is 19.9. The molecule has 0 bridgehead atoms. The van der Waals surface area contributed by atoms with Crippen molar-refractivity contribution in [1.29, 1.82) is 0 Å². The van der Waals surface area contributed by atoms with Gasteiger partial charge in [-0.2, -0.15) is 0 Å². The summed E-state index contributed by atoms with van der Waals surface area (Å²) in [7, 11) is -2.18. The number of alkyl halides is 1. The Kier molecular flexibility index (Phi) is 8.33. The van der Waals surface area contributed by atoms with Gasteiger partial charge in [-0.05, 0) is 42.0 Å². The molecule has 1 aliphatic rings. The van der Waals surface area contributed by atoms with Crippen LogP contribution in [0.15, 0.2) is 12.2 Å². The topological polar surface area (TPSA) is 76.1 Å². The number of amides is 1. The van der Waals surface area contributed by atoms with E-state index in [-0.39, 0.29) is 30.2 Å². The summed E-state index contributed by atoms with van der Waals surface area (Å²) in [6.45, 7) is 20.2. The summed E-state index contributed by atoms with van der Waals surface area (Å²) in [6.07, 6.45) is -1.74. The van der Waals surface area contributed by atoms with Gasteiger partial charge in [0.15, 0.2) is 13.9 Å². The molecule has 0 spiro atoms. The number of carbonyl (C=O) groups excluding carboxylic acids is 1. The van der Waals surface area contributed by atoms with Gasteiger partial charge in [-0.25, -0.2) is 14.0 Å². The number of nitrogens with zero attached hydrogens (tertiary/aromatic N) is 1. The van der Waals surface area contributed by atoms with Crippen LogP contribution in [0.5, 0.6) is 0 Å². The molecule has 1 heterocycles. The van der Waals surface area contributed by atoms with Crippen molar-refractivity contribution in [3.63, 3.8) is 0 Å². The van der Waals surface area contributed by atoms with Crippen LogP contribution in [-0.4, -0.2) is 61.9 Å². The van der Waals surface area contributed by atoms with E-state index in [0.29, 0.717) is 18.4 Å². The molecule has 0 aromatic rings. The summed E-state index contributed by atoms with van der Waals surface area (Å²) in [5.74, 6) is -1.28. The van der Waals surface area contributed by atoms with Crippen LogP contribution in [0, 0.1) is 5.41 Å². The van der Waals surface area contributed by atoms with Crippen molar-refractivity contribution in [2.75, 3.05) is 19.8 Å². The highest BCUT2D eigenvalue weighted by molar-refractivity contribution is 6.74. The maximum absolute atomic E-state index is 15.0. The predicted molar refractivity (Wildman–Crippen MR) is 119 cm³/mol. The highest BCUT2D eigenvalue weighted by Gasteiger charge is 2.55. The van der Waals surface area contributed by atoms with Crippen molar-refractivity contribution >= 4 is 20.4 Å². The number of rotatable bonds is 8. The first kappa shape index (κ1) is 26.6. The number of carboxylic acid groups (broad SMARTS) is 1. The molecule has 6 nitrogen and oxygen atoms in total. The van der Waals surface area contributed by atoms with Gasteiger partial charge in [-0.1, -0.05) is 48.1 Å². The van der Waals surface area contributed by atoms with Crippen molar-refractivity contribution < 1.29 is 28.2 Å². The molecular formula is C22H40FNO5Si. The molecule has 2 atom stereocenters. The van der Waals surface area contributed by atoms with E-state index in [1.54, 1.807) is 0 Å². The first-order valence-corrected chi connectivity index (χ1v) is 13.5. The molecule has 0 aromatic heterocycles. The third-order valence-corrected chi connectivity index (χ3v) is 10.8. The van der Waals surface area contributed by atoms with Gasteiger partial charge in [0.1, 0.15) is 6.17 Å². The molecule has 1 saturated heterocycles. The van der Waals surface area contributed by atoms with Gasteiger partial charge in [0, 0.05) is 13.0 Å². The molecule has 30 heavy (non-hydrogen) atoms. The van der Waals surface area contributed by atoms with E-state index in [1.165, 1.54) is 0 Å². The molecule has 1 N–H and O–H groups in total. The van der Waals surface area contributed by atoms with Crippen LogP contribution in [0.4, 0.5) is 9.18 Å². The Morgan fingerprint density at radius 2 is 1.83 bits per heavy atom. The third kappa shape index (κ3) is 6.29. The molecule has 1 aliphatic heterocycles. The number of ether oxygens (including phenoxy) is 1. The monoisotopic (exact) mass is 445 g/mol. The lowest BCUT2D eigenvalue weighted by Gasteiger charge is -2.38. The summed E-state index contributed by atoms with van der Waals surface area (Å²) in [4.78, 5) is 26.1. The Morgan fingerprint density at radius 1 is 1.27 bits per heavy atom. The average Bonchev–Trinajstić information content (AvgIpc) is 2.88. The standard InChI is InChI=1S/C22H40FNO5Si/c1-16-10-12-24(19(27)28-13-11-20(2,3)4)22(16,18(25)26)14-17(23)15-29-30(8,9)21(5,6)7/h17H,1,10-15H2,2-9H3,(H,25,26)/t17-,22?/m1/s1. The Bertz CT molecular complexity index is 653. The maximum atomic E-state index is 15.0. The van der Waals surface area contributed by atoms with Crippen LogP contribution in [-0.2, 0) is 14.0 Å². The van der Waals surface area contributed by atoms with E-state index in [0.717, 1.165) is 4.90 Å². The number of aliphatic carboxylic acids is 1. The zero-order valence-corrected chi connectivity index (χ0v) is 20.9. The van der Waals surface area contributed by atoms with Crippen LogP contribution < -0.4 is 0 Å². The van der Waals surface area contributed by atoms with Gasteiger partial charge >= 0.3 is 12.1 Å². The smallest absolute Gasteiger partial charge is 0.411 e. The molecule has 0 aromatic carbocycles. The molecule has 0 aliphatic carbocycles. The van der Waals surface area contributed by atoms with Gasteiger partial charge in [0.2, 0.25) is 0 Å². The minimum absolute atomic E-state index is 0.0239. The molecule has 1 fully saturated rings. The first-order chi connectivity index (χ1) is 13.4. The minimum Gasteiger partial charge on any atom is -0.479 e. The summed E-state index contributed by atoms with van der Waals surface area (Å²) in [6, 6.07) is 0. The number of hydrogen-bond donors (Lipinski definition) is 1. The van der Waals surface area contributed by atoms with E-state index in [1.807, 2.05) is 33.9 Å². The van der Waals surface area contributed by atoms with Crippen LogP contribution >= 0.6 is 0 Å². The molecule has 1 rings (SSSR count). The highest BCUT2D eigenvalue weighted by Crippen LogP contribution is 2.40. The number of carbonyl (C=O) groups is 2. The number of likely N-dealkylation sites (tertiary alicyclic amines) is 1. The molecule has 174 valence electrons. The van der Waals surface area contributed by atoms with E-state index >= 15 is 4.39 Å². The fraction of sp³-hybridized carbons (Fsp3) is 0.818. The van der Waals surface area contributed by atoms with Gasteiger partial charge in [0.25, 0.3) is 0 Å². The Labute approximate surface area is 181 Å². The maximum Gasteiger partial charge on any atom is 0.411 e. The van der Waals surface area contributed by atoms with Crippen molar-refractivity contribution in [3.05, 3.63) is 12.2 Å². The van der Waals surface area contributed by atoms with Crippen LogP contribution in [0.2, 0.25) is 18.1 Å². The Balaban J connectivity index is 2.94. The van der Waals surface area contributed by atoms with Crippen molar-refractivity contribution in [3.8, 4) is 0 Å². The highest BCUT2D eigenvalue weighted by atomic mass is 28.4. The normalized spacial score (nSPS) is 21.6. The van der Waals surface area contributed by atoms with Gasteiger partial charge in [-0.15, -0.1) is 0 Å². The predicted octanol–water partition coefficient (Wildman–Crippen LogP) is 5.39. The lowest BCUT2D eigenvalue weighted by molar-refractivity contribution is -0.148. The van der Waals surface area contributed by atoms with E-state index < -0.39 is 38.5 Å². The quantitative estimate of drug-likeness (QED) is 0.400. The van der Waals surface area contributed by atoms with Crippen LogP contribution in [0.3, 0.4) is 0 Å². The Hall–Kier alpha value is -1.41. The average molecular weight is 446 g/mol. The first-order valence-electron chi connectivity index (χ1n) is 10.6. The van der Waals surface area contributed by atoms with E-state index in [2.05, 4.69) is 27.4 Å². The van der Waals surface area contributed by atoms with E-state index in [4.69, 9.17) is 9.16 Å². The van der Waals surface area contributed by atoms with Crippen molar-refractivity contribution in [2.45, 2.75) is 90.6 Å². The lowest BCUT2D eigenvalue weighted by atomic mass is 9.86. The molecule has 1 amide bonds. The lowest BCUT2D eigenvalue weighted by Crippen LogP contribution is -2.56. The second kappa shape index (κ2) is 9.38. The molecule has 0 radical (unpaired) electrons. The van der Waals surface area contributed by atoms with Crippen molar-refractivity contribution in [1.82, 2.24) is 4.90 Å². The zero-order chi connectivity index (χ0) is 23.5. The van der Waals surface area contributed by atoms with E-state index in [9.17, 15) is 14.7 Å².